The van der Waals surface area contributed by atoms with E-state index in [0.29, 0.717) is 22.2 Å². The number of hydrogen-bond donors (Lipinski definition) is 1. The van der Waals surface area contributed by atoms with Gasteiger partial charge in [0.15, 0.2) is 11.8 Å². The van der Waals surface area contributed by atoms with Crippen molar-refractivity contribution in [1.29, 1.82) is 0 Å². The summed E-state index contributed by atoms with van der Waals surface area (Å²) in [5.74, 6) is -0.623. The van der Waals surface area contributed by atoms with Gasteiger partial charge >= 0.3 is 5.97 Å². The first-order valence-electron chi connectivity index (χ1n) is 7.19. The van der Waals surface area contributed by atoms with E-state index in [0.717, 1.165) is 0 Å². The van der Waals surface area contributed by atoms with Crippen LogP contribution in [0.25, 0.3) is 0 Å². The normalized spacial score (nSPS) is 11.7. The molecule has 0 fully saturated rings. The minimum Gasteiger partial charge on any atom is -0.479 e. The fraction of sp³-hybridized carbons (Fsp3) is 0.312. The first kappa shape index (κ1) is 17.8. The van der Waals surface area contributed by atoms with Gasteiger partial charge in [-0.15, -0.1) is 0 Å². The molecule has 1 amide bonds. The van der Waals surface area contributed by atoms with Crippen molar-refractivity contribution in [2.45, 2.75) is 20.0 Å². The van der Waals surface area contributed by atoms with Crippen molar-refractivity contribution in [3.63, 3.8) is 0 Å². The van der Waals surface area contributed by atoms with Crippen molar-refractivity contribution < 1.29 is 19.1 Å². The number of rotatable bonds is 5. The Morgan fingerprint density at radius 3 is 2.62 bits per heavy atom. The van der Waals surface area contributed by atoms with Gasteiger partial charge in [0, 0.05) is 7.05 Å². The van der Waals surface area contributed by atoms with Crippen molar-refractivity contribution in [1.82, 2.24) is 9.78 Å². The highest BCUT2D eigenvalue weighted by Gasteiger charge is 2.25. The predicted molar refractivity (Wildman–Crippen MR) is 89.5 cm³/mol. The summed E-state index contributed by atoms with van der Waals surface area (Å²) in [5, 5.41) is 7.20. The zero-order chi connectivity index (χ0) is 17.9. The van der Waals surface area contributed by atoms with Crippen LogP contribution in [0.3, 0.4) is 0 Å². The number of benzene rings is 1. The molecule has 1 aromatic heterocycles. The van der Waals surface area contributed by atoms with Gasteiger partial charge in [0.1, 0.15) is 5.75 Å². The van der Waals surface area contributed by atoms with E-state index < -0.39 is 18.0 Å². The van der Waals surface area contributed by atoms with Gasteiger partial charge < -0.3 is 14.8 Å². The summed E-state index contributed by atoms with van der Waals surface area (Å²) < 4.78 is 11.6. The maximum atomic E-state index is 12.4. The van der Waals surface area contributed by atoms with Gasteiger partial charge in [-0.2, -0.15) is 5.10 Å². The highest BCUT2D eigenvalue weighted by atomic mass is 35.5. The summed E-state index contributed by atoms with van der Waals surface area (Å²) in [6, 6.07) is 6.86. The summed E-state index contributed by atoms with van der Waals surface area (Å²) in [4.78, 5) is 24.3. The topological polar surface area (TPSA) is 82.4 Å². The Hall–Kier alpha value is -2.54. The molecule has 0 aliphatic carbocycles. The predicted octanol–water partition coefficient (Wildman–Crippen LogP) is 2.57. The largest absolute Gasteiger partial charge is 0.479 e. The standard InChI is InChI=1S/C16H18ClN3O4/c1-9-13(14(16(22)23-4)20(3)19-9)18-15(21)10(2)24-12-8-6-5-7-11(12)17/h5-8,10H,1-4H3,(H,18,21). The summed E-state index contributed by atoms with van der Waals surface area (Å²) in [7, 11) is 2.86. The lowest BCUT2D eigenvalue weighted by atomic mass is 10.2. The summed E-state index contributed by atoms with van der Waals surface area (Å²) in [5.41, 5.74) is 0.952. The van der Waals surface area contributed by atoms with Gasteiger partial charge in [-0.1, -0.05) is 23.7 Å². The van der Waals surface area contributed by atoms with Crippen LogP contribution >= 0.6 is 11.6 Å². The van der Waals surface area contributed by atoms with Crippen LogP contribution in [0, 0.1) is 6.92 Å². The number of amides is 1. The quantitative estimate of drug-likeness (QED) is 0.837. The van der Waals surface area contributed by atoms with Gasteiger partial charge in [-0.25, -0.2) is 4.79 Å². The van der Waals surface area contributed by atoms with E-state index in [4.69, 9.17) is 21.1 Å². The average Bonchev–Trinajstić information content (AvgIpc) is 2.82. The number of nitrogens with one attached hydrogen (secondary N) is 1. The lowest BCUT2D eigenvalue weighted by Gasteiger charge is -2.16. The Morgan fingerprint density at radius 1 is 1.33 bits per heavy atom. The Bertz CT molecular complexity index is 773. The molecule has 24 heavy (non-hydrogen) atoms. The van der Waals surface area contributed by atoms with Gasteiger partial charge in [0.05, 0.1) is 23.5 Å². The molecule has 0 aliphatic heterocycles. The molecule has 8 heteroatoms. The number of carbonyl (C=O) groups is 2. The second-order valence-corrected chi connectivity index (χ2v) is 5.51. The van der Waals surface area contributed by atoms with E-state index in [1.54, 1.807) is 45.2 Å². The molecule has 1 heterocycles. The van der Waals surface area contributed by atoms with E-state index in [1.807, 2.05) is 0 Å². The number of anilines is 1. The van der Waals surface area contributed by atoms with E-state index in [1.165, 1.54) is 11.8 Å². The van der Waals surface area contributed by atoms with Crippen LogP contribution in [0.2, 0.25) is 5.02 Å². The average molecular weight is 352 g/mol. The highest BCUT2D eigenvalue weighted by Crippen LogP contribution is 2.25. The van der Waals surface area contributed by atoms with Crippen molar-refractivity contribution >= 4 is 29.2 Å². The number of esters is 1. The number of aryl methyl sites for hydroxylation is 2. The lowest BCUT2D eigenvalue weighted by molar-refractivity contribution is -0.122. The van der Waals surface area contributed by atoms with Gasteiger partial charge in [-0.05, 0) is 26.0 Å². The molecule has 2 rings (SSSR count). The molecule has 2 aromatic rings. The number of para-hydroxylation sites is 1. The minimum atomic E-state index is -0.824. The van der Waals surface area contributed by atoms with Crippen molar-refractivity contribution in [3.05, 3.63) is 40.7 Å². The Kier molecular flexibility index (Phi) is 5.46. The fourth-order valence-corrected chi connectivity index (χ4v) is 2.33. The molecule has 1 atom stereocenters. The second kappa shape index (κ2) is 7.35. The summed E-state index contributed by atoms with van der Waals surface area (Å²) in [6.07, 6.45) is -0.824. The highest BCUT2D eigenvalue weighted by molar-refractivity contribution is 6.32. The molecule has 1 N–H and O–H groups in total. The number of aromatic nitrogens is 2. The van der Waals surface area contributed by atoms with Crippen LogP contribution in [0.1, 0.15) is 23.1 Å². The van der Waals surface area contributed by atoms with Gasteiger partial charge in [0.25, 0.3) is 5.91 Å². The van der Waals surface area contributed by atoms with Crippen LogP contribution < -0.4 is 10.1 Å². The van der Waals surface area contributed by atoms with Crippen LogP contribution in [0.5, 0.6) is 5.75 Å². The smallest absolute Gasteiger partial charge is 0.358 e. The zero-order valence-corrected chi connectivity index (χ0v) is 14.5. The number of halogens is 1. The third kappa shape index (κ3) is 3.68. The lowest BCUT2D eigenvalue weighted by Crippen LogP contribution is -2.31. The fourth-order valence-electron chi connectivity index (χ4n) is 2.15. The molecule has 0 bridgehead atoms. The van der Waals surface area contributed by atoms with Crippen molar-refractivity contribution in [2.75, 3.05) is 12.4 Å². The van der Waals surface area contributed by atoms with Crippen molar-refractivity contribution in [3.8, 4) is 5.75 Å². The molecular formula is C16H18ClN3O4. The molecule has 0 aliphatic rings. The molecule has 0 spiro atoms. The molecular weight excluding hydrogens is 334 g/mol. The van der Waals surface area contributed by atoms with Crippen LogP contribution in [-0.2, 0) is 16.6 Å². The summed E-state index contributed by atoms with van der Waals surface area (Å²) >= 11 is 6.02. The van der Waals surface area contributed by atoms with Gasteiger partial charge in [0.2, 0.25) is 0 Å². The molecule has 7 nitrogen and oxygen atoms in total. The number of nitrogens with zero attached hydrogens (tertiary/aromatic N) is 2. The maximum absolute atomic E-state index is 12.4. The number of methoxy groups -OCH3 is 1. The van der Waals surface area contributed by atoms with Gasteiger partial charge in [-0.3, -0.25) is 9.48 Å². The Morgan fingerprint density at radius 2 is 2.00 bits per heavy atom. The van der Waals surface area contributed by atoms with E-state index >= 15 is 0 Å². The zero-order valence-electron chi connectivity index (χ0n) is 13.8. The Balaban J connectivity index is 2.18. The van der Waals surface area contributed by atoms with Crippen LogP contribution in [-0.4, -0.2) is 34.9 Å². The molecule has 1 unspecified atom stereocenters. The van der Waals surface area contributed by atoms with Crippen LogP contribution in [0.15, 0.2) is 24.3 Å². The SMILES string of the molecule is COC(=O)c1c(NC(=O)C(C)Oc2ccccc2Cl)c(C)nn1C. The minimum absolute atomic E-state index is 0.160. The molecule has 128 valence electrons. The van der Waals surface area contributed by atoms with Crippen molar-refractivity contribution in [2.24, 2.45) is 7.05 Å². The molecule has 1 aromatic carbocycles. The number of hydrogen-bond acceptors (Lipinski definition) is 5. The van der Waals surface area contributed by atoms with E-state index in [-0.39, 0.29) is 5.69 Å². The molecule has 0 radical (unpaired) electrons. The molecule has 0 saturated carbocycles. The maximum Gasteiger partial charge on any atom is 0.358 e. The van der Waals surface area contributed by atoms with E-state index in [2.05, 4.69) is 10.4 Å². The first-order valence-corrected chi connectivity index (χ1v) is 7.57. The number of carbonyl (C=O) groups excluding carboxylic acids is 2. The van der Waals surface area contributed by atoms with Crippen LogP contribution in [0.4, 0.5) is 5.69 Å². The number of ether oxygens (including phenoxy) is 2. The van der Waals surface area contributed by atoms with E-state index in [9.17, 15) is 9.59 Å². The third-order valence-corrected chi connectivity index (χ3v) is 3.67. The first-order chi connectivity index (χ1) is 11.3. The second-order valence-electron chi connectivity index (χ2n) is 5.10. The third-order valence-electron chi connectivity index (χ3n) is 3.36. The monoisotopic (exact) mass is 351 g/mol. The molecule has 0 saturated heterocycles. The Labute approximate surface area is 144 Å². The summed E-state index contributed by atoms with van der Waals surface area (Å²) in [6.45, 7) is 3.27.